The fraction of sp³-hybridized carbons (Fsp3) is 0.158. The van der Waals surface area contributed by atoms with Crippen molar-refractivity contribution in [3.63, 3.8) is 0 Å². The first-order valence-electron chi connectivity index (χ1n) is 7.57. The van der Waals surface area contributed by atoms with Crippen LogP contribution in [-0.4, -0.2) is 16.1 Å². The highest BCUT2D eigenvalue weighted by Crippen LogP contribution is 2.27. The maximum atomic E-state index is 11.3. The van der Waals surface area contributed by atoms with Gasteiger partial charge in [0.2, 0.25) is 0 Å². The van der Waals surface area contributed by atoms with E-state index in [4.69, 9.17) is 0 Å². The van der Waals surface area contributed by atoms with Gasteiger partial charge in [0.05, 0.1) is 11.2 Å². The van der Waals surface area contributed by atoms with Gasteiger partial charge < -0.3 is 10.4 Å². The second-order valence-electron chi connectivity index (χ2n) is 5.56. The zero-order valence-corrected chi connectivity index (χ0v) is 13.1. The monoisotopic (exact) mass is 306 g/mol. The minimum atomic E-state index is -1.03. The highest BCUT2D eigenvalue weighted by molar-refractivity contribution is 5.98. The normalized spacial score (nSPS) is 10.7. The van der Waals surface area contributed by atoms with Crippen LogP contribution in [0.25, 0.3) is 10.9 Å². The largest absolute Gasteiger partial charge is 0.477 e. The summed E-state index contributed by atoms with van der Waals surface area (Å²) in [6, 6.07) is 15.5. The molecule has 0 atom stereocenters. The van der Waals surface area contributed by atoms with Gasteiger partial charge in [-0.05, 0) is 49.2 Å². The summed E-state index contributed by atoms with van der Waals surface area (Å²) in [4.78, 5) is 15.5. The van der Waals surface area contributed by atoms with Crippen LogP contribution in [0, 0.1) is 6.92 Å². The maximum Gasteiger partial charge on any atom is 0.354 e. The summed E-state index contributed by atoms with van der Waals surface area (Å²) in [5.41, 5.74) is 4.74. The number of aromatic carboxylic acids is 1. The van der Waals surface area contributed by atoms with E-state index in [1.807, 2.05) is 37.3 Å². The molecule has 0 fully saturated rings. The van der Waals surface area contributed by atoms with Crippen LogP contribution in [-0.2, 0) is 6.42 Å². The van der Waals surface area contributed by atoms with Crippen LogP contribution in [0.1, 0.15) is 28.5 Å². The third kappa shape index (κ3) is 3.16. The molecule has 0 aliphatic rings. The van der Waals surface area contributed by atoms with Gasteiger partial charge >= 0.3 is 5.97 Å². The first-order chi connectivity index (χ1) is 11.1. The summed E-state index contributed by atoms with van der Waals surface area (Å²) in [6.07, 6.45) is 0.987. The van der Waals surface area contributed by atoms with Crippen molar-refractivity contribution in [3.05, 3.63) is 65.4 Å². The summed E-state index contributed by atoms with van der Waals surface area (Å²) < 4.78 is 0. The summed E-state index contributed by atoms with van der Waals surface area (Å²) in [7, 11) is 0. The van der Waals surface area contributed by atoms with E-state index in [0.717, 1.165) is 28.7 Å². The Bertz CT molecular complexity index is 870. The Morgan fingerprint density at radius 3 is 2.52 bits per heavy atom. The van der Waals surface area contributed by atoms with Gasteiger partial charge in [0.1, 0.15) is 0 Å². The van der Waals surface area contributed by atoms with Crippen molar-refractivity contribution >= 4 is 28.2 Å². The third-order valence-electron chi connectivity index (χ3n) is 3.82. The molecule has 0 spiro atoms. The lowest BCUT2D eigenvalue weighted by Gasteiger charge is -2.12. The number of fused-ring (bicyclic) bond motifs is 1. The summed E-state index contributed by atoms with van der Waals surface area (Å²) in [5, 5.41) is 13.5. The first-order valence-corrected chi connectivity index (χ1v) is 7.57. The Balaban J connectivity index is 2.09. The maximum absolute atomic E-state index is 11.3. The number of benzene rings is 2. The molecule has 0 radical (unpaired) electrons. The van der Waals surface area contributed by atoms with Gasteiger partial charge in [-0.3, -0.25) is 0 Å². The standard InChI is InChI=1S/C19H18N2O2/c1-3-13-5-7-14(8-6-13)20-17-11-18(19(22)23)21-16-9-4-12(2)10-15(16)17/h4-11H,3H2,1-2H3,(H,20,21)(H,22,23). The van der Waals surface area contributed by atoms with Gasteiger partial charge in [-0.25, -0.2) is 9.78 Å². The average molecular weight is 306 g/mol. The molecule has 0 aliphatic carbocycles. The summed E-state index contributed by atoms with van der Waals surface area (Å²) >= 11 is 0. The van der Waals surface area contributed by atoms with Crippen molar-refractivity contribution in [1.82, 2.24) is 4.98 Å². The van der Waals surface area contributed by atoms with E-state index in [0.29, 0.717) is 5.52 Å². The van der Waals surface area contributed by atoms with Gasteiger partial charge in [-0.15, -0.1) is 0 Å². The number of aryl methyl sites for hydroxylation is 2. The van der Waals surface area contributed by atoms with Crippen molar-refractivity contribution in [2.75, 3.05) is 5.32 Å². The Morgan fingerprint density at radius 1 is 1.13 bits per heavy atom. The number of carboxylic acid groups (broad SMARTS) is 1. The molecule has 2 N–H and O–H groups in total. The van der Waals surface area contributed by atoms with Crippen LogP contribution >= 0.6 is 0 Å². The summed E-state index contributed by atoms with van der Waals surface area (Å²) in [6.45, 7) is 4.12. The van der Waals surface area contributed by atoms with Gasteiger partial charge in [0.15, 0.2) is 5.69 Å². The van der Waals surface area contributed by atoms with E-state index >= 15 is 0 Å². The molecule has 0 amide bonds. The number of anilines is 2. The number of carboxylic acids is 1. The number of hydrogen-bond donors (Lipinski definition) is 2. The molecular weight excluding hydrogens is 288 g/mol. The number of pyridine rings is 1. The predicted molar refractivity (Wildman–Crippen MR) is 92.5 cm³/mol. The smallest absolute Gasteiger partial charge is 0.354 e. The van der Waals surface area contributed by atoms with E-state index < -0.39 is 5.97 Å². The molecular formula is C19H18N2O2. The van der Waals surface area contributed by atoms with Crippen molar-refractivity contribution in [3.8, 4) is 0 Å². The second kappa shape index (κ2) is 6.08. The molecule has 4 heteroatoms. The predicted octanol–water partition coefficient (Wildman–Crippen LogP) is 4.55. The number of rotatable bonds is 4. The van der Waals surface area contributed by atoms with E-state index in [1.165, 1.54) is 5.56 Å². The van der Waals surface area contributed by atoms with E-state index in [9.17, 15) is 9.90 Å². The SMILES string of the molecule is CCc1ccc(Nc2cc(C(=O)O)nc3ccc(C)cc23)cc1. The molecule has 0 unspecified atom stereocenters. The Morgan fingerprint density at radius 2 is 1.87 bits per heavy atom. The van der Waals surface area contributed by atoms with Gasteiger partial charge in [-0.2, -0.15) is 0 Å². The fourth-order valence-corrected chi connectivity index (χ4v) is 2.53. The topological polar surface area (TPSA) is 62.2 Å². The number of nitrogens with one attached hydrogen (secondary N) is 1. The average Bonchev–Trinajstić information content (AvgIpc) is 2.55. The summed E-state index contributed by atoms with van der Waals surface area (Å²) in [5.74, 6) is -1.03. The van der Waals surface area contributed by atoms with Crippen LogP contribution in [0.5, 0.6) is 0 Å². The lowest BCUT2D eigenvalue weighted by molar-refractivity contribution is 0.0691. The van der Waals surface area contributed by atoms with Crippen molar-refractivity contribution in [2.45, 2.75) is 20.3 Å². The van der Waals surface area contributed by atoms with Crippen LogP contribution in [0.15, 0.2) is 48.5 Å². The van der Waals surface area contributed by atoms with Crippen molar-refractivity contribution in [2.24, 2.45) is 0 Å². The van der Waals surface area contributed by atoms with Gasteiger partial charge in [0, 0.05) is 11.1 Å². The molecule has 0 bridgehead atoms. The quantitative estimate of drug-likeness (QED) is 0.742. The third-order valence-corrected chi connectivity index (χ3v) is 3.82. The Kier molecular flexibility index (Phi) is 3.98. The highest BCUT2D eigenvalue weighted by atomic mass is 16.4. The van der Waals surface area contributed by atoms with E-state index in [-0.39, 0.29) is 5.69 Å². The van der Waals surface area contributed by atoms with Crippen LogP contribution in [0.2, 0.25) is 0 Å². The number of nitrogens with zero attached hydrogens (tertiary/aromatic N) is 1. The first kappa shape index (κ1) is 15.0. The van der Waals surface area contributed by atoms with Crippen LogP contribution in [0.3, 0.4) is 0 Å². The van der Waals surface area contributed by atoms with Crippen LogP contribution < -0.4 is 5.32 Å². The van der Waals surface area contributed by atoms with Gasteiger partial charge in [-0.1, -0.05) is 30.7 Å². The number of aromatic nitrogens is 1. The zero-order chi connectivity index (χ0) is 16.4. The lowest BCUT2D eigenvalue weighted by atomic mass is 10.1. The molecule has 0 aliphatic heterocycles. The molecule has 4 nitrogen and oxygen atoms in total. The van der Waals surface area contributed by atoms with Crippen LogP contribution in [0.4, 0.5) is 11.4 Å². The Labute approximate surface area is 134 Å². The molecule has 3 rings (SSSR count). The molecule has 23 heavy (non-hydrogen) atoms. The molecule has 2 aromatic carbocycles. The second-order valence-corrected chi connectivity index (χ2v) is 5.56. The molecule has 0 saturated carbocycles. The minimum Gasteiger partial charge on any atom is -0.477 e. The molecule has 116 valence electrons. The lowest BCUT2D eigenvalue weighted by Crippen LogP contribution is -2.03. The van der Waals surface area contributed by atoms with E-state index in [2.05, 4.69) is 29.4 Å². The Hall–Kier alpha value is -2.88. The van der Waals surface area contributed by atoms with Crippen molar-refractivity contribution < 1.29 is 9.90 Å². The molecule has 3 aromatic rings. The molecule has 1 aromatic heterocycles. The fourth-order valence-electron chi connectivity index (χ4n) is 2.53. The van der Waals surface area contributed by atoms with Gasteiger partial charge in [0.25, 0.3) is 0 Å². The molecule has 0 saturated heterocycles. The van der Waals surface area contributed by atoms with Crippen molar-refractivity contribution in [1.29, 1.82) is 0 Å². The number of hydrogen-bond acceptors (Lipinski definition) is 3. The molecule has 1 heterocycles. The number of carbonyl (C=O) groups is 1. The van der Waals surface area contributed by atoms with E-state index in [1.54, 1.807) is 6.07 Å². The minimum absolute atomic E-state index is 0.0361. The zero-order valence-electron chi connectivity index (χ0n) is 13.1. The highest BCUT2D eigenvalue weighted by Gasteiger charge is 2.11.